The van der Waals surface area contributed by atoms with E-state index in [4.69, 9.17) is 9.47 Å². The van der Waals surface area contributed by atoms with Crippen molar-refractivity contribution in [2.75, 3.05) is 44.7 Å². The van der Waals surface area contributed by atoms with Gasteiger partial charge in [-0.2, -0.15) is 5.10 Å². The van der Waals surface area contributed by atoms with Crippen LogP contribution in [0.15, 0.2) is 47.5 Å². The highest BCUT2D eigenvalue weighted by Crippen LogP contribution is 2.31. The van der Waals surface area contributed by atoms with Crippen LogP contribution in [0.3, 0.4) is 0 Å². The minimum absolute atomic E-state index is 0.138. The highest BCUT2D eigenvalue weighted by atomic mass is 32.2. The van der Waals surface area contributed by atoms with Crippen molar-refractivity contribution < 1.29 is 17.9 Å². The van der Waals surface area contributed by atoms with Crippen LogP contribution in [0.4, 0.5) is 5.69 Å². The van der Waals surface area contributed by atoms with E-state index in [-0.39, 0.29) is 11.0 Å². The van der Waals surface area contributed by atoms with Crippen LogP contribution in [0.2, 0.25) is 0 Å². The number of anilines is 1. The molecule has 1 saturated heterocycles. The number of morpholine rings is 1. The van der Waals surface area contributed by atoms with Gasteiger partial charge in [0.2, 0.25) is 0 Å². The largest absolute Gasteiger partial charge is 0.379 e. The fraction of sp³-hybridized carbons (Fsp3) is 0.519. The average molecular weight is 515 g/mol. The number of nitrogens with zero attached hydrogens (tertiary/aromatic N) is 3. The molecule has 0 unspecified atom stereocenters. The maximum atomic E-state index is 13.3. The quantitative estimate of drug-likeness (QED) is 0.391. The summed E-state index contributed by atoms with van der Waals surface area (Å²) in [6.45, 7) is 8.13. The normalized spacial score (nSPS) is 17.2. The van der Waals surface area contributed by atoms with E-state index in [2.05, 4.69) is 35.6 Å². The van der Waals surface area contributed by atoms with Crippen LogP contribution < -0.4 is 4.72 Å². The summed E-state index contributed by atoms with van der Waals surface area (Å²) in [6.07, 6.45) is 4.47. The summed E-state index contributed by atoms with van der Waals surface area (Å²) in [5.74, 6) is 0.391. The van der Waals surface area contributed by atoms with Gasteiger partial charge in [0.05, 0.1) is 35.4 Å². The first-order valence-electron chi connectivity index (χ1n) is 12.7. The predicted octanol–water partition coefficient (Wildman–Crippen LogP) is 3.85. The molecule has 8 nitrogen and oxygen atoms in total. The number of ether oxygens (including phenoxy) is 2. The Balaban J connectivity index is 1.37. The Bertz CT molecular complexity index is 1250. The van der Waals surface area contributed by atoms with Gasteiger partial charge in [0.25, 0.3) is 10.0 Å². The van der Waals surface area contributed by atoms with E-state index >= 15 is 0 Å². The van der Waals surface area contributed by atoms with Crippen molar-refractivity contribution >= 4 is 26.6 Å². The predicted molar refractivity (Wildman–Crippen MR) is 143 cm³/mol. The average Bonchev–Trinajstić information content (AvgIpc) is 3.21. The van der Waals surface area contributed by atoms with Crippen molar-refractivity contribution in [1.82, 2.24) is 14.7 Å². The molecule has 0 spiro atoms. The fourth-order valence-corrected chi connectivity index (χ4v) is 5.70. The summed E-state index contributed by atoms with van der Waals surface area (Å²) in [6, 6.07) is 11.0. The van der Waals surface area contributed by atoms with Gasteiger partial charge in [0.1, 0.15) is 0 Å². The van der Waals surface area contributed by atoms with Crippen molar-refractivity contribution in [1.29, 1.82) is 0 Å². The lowest BCUT2D eigenvalue weighted by atomic mass is 10.00. The Morgan fingerprint density at radius 1 is 1.17 bits per heavy atom. The Hall–Kier alpha value is -2.46. The second kappa shape index (κ2) is 11.7. The van der Waals surface area contributed by atoms with Gasteiger partial charge in [-0.15, -0.1) is 0 Å². The molecular weight excluding hydrogens is 476 g/mol. The van der Waals surface area contributed by atoms with Gasteiger partial charge in [-0.3, -0.25) is 9.40 Å². The zero-order valence-electron chi connectivity index (χ0n) is 21.7. The summed E-state index contributed by atoms with van der Waals surface area (Å²) in [4.78, 5) is 2.50. The SMILES string of the molecule is CC(C)Cc1ccc2nn(C)cc2c1NS(=O)(=O)c1ccc(CCCOC[C@@H]2CN(C)CCO2)cc1. The number of hydrogen-bond donors (Lipinski definition) is 1. The number of nitrogens with one attached hydrogen (secondary N) is 1. The van der Waals surface area contributed by atoms with E-state index < -0.39 is 10.0 Å². The smallest absolute Gasteiger partial charge is 0.261 e. The van der Waals surface area contributed by atoms with Gasteiger partial charge in [0, 0.05) is 38.3 Å². The summed E-state index contributed by atoms with van der Waals surface area (Å²) < 4.78 is 42.7. The molecule has 0 bridgehead atoms. The molecule has 0 amide bonds. The zero-order valence-corrected chi connectivity index (χ0v) is 22.6. The van der Waals surface area contributed by atoms with Crippen molar-refractivity contribution in [2.45, 2.75) is 44.1 Å². The highest BCUT2D eigenvalue weighted by Gasteiger charge is 2.20. The van der Waals surface area contributed by atoms with E-state index in [1.807, 2.05) is 37.5 Å². The van der Waals surface area contributed by atoms with Crippen molar-refractivity contribution in [3.8, 4) is 0 Å². The van der Waals surface area contributed by atoms with Gasteiger partial charge in [0.15, 0.2) is 0 Å². The van der Waals surface area contributed by atoms with E-state index in [9.17, 15) is 8.42 Å². The third-order valence-corrected chi connectivity index (χ3v) is 7.75. The van der Waals surface area contributed by atoms with Crippen molar-refractivity contribution in [3.63, 3.8) is 0 Å². The number of fused-ring (bicyclic) bond motifs is 1. The zero-order chi connectivity index (χ0) is 25.7. The molecule has 4 rings (SSSR count). The molecule has 2 heterocycles. The molecule has 1 aliphatic rings. The van der Waals surface area contributed by atoms with Gasteiger partial charge in [-0.1, -0.05) is 32.0 Å². The number of likely N-dealkylation sites (N-methyl/N-ethyl adjacent to an activating group) is 1. The maximum absolute atomic E-state index is 13.3. The first-order valence-corrected chi connectivity index (χ1v) is 14.1. The van der Waals surface area contributed by atoms with E-state index in [1.54, 1.807) is 16.8 Å². The van der Waals surface area contributed by atoms with E-state index in [1.165, 1.54) is 0 Å². The Kier molecular flexibility index (Phi) is 8.66. The monoisotopic (exact) mass is 514 g/mol. The first kappa shape index (κ1) is 26.6. The summed E-state index contributed by atoms with van der Waals surface area (Å²) in [5.41, 5.74) is 3.43. The lowest BCUT2D eigenvalue weighted by Crippen LogP contribution is -2.42. The van der Waals surface area contributed by atoms with Gasteiger partial charge in [-0.05, 0) is 61.6 Å². The molecule has 196 valence electrons. The fourth-order valence-electron chi connectivity index (χ4n) is 4.58. The van der Waals surface area contributed by atoms with Crippen LogP contribution in [-0.4, -0.2) is 69.2 Å². The first-order chi connectivity index (χ1) is 17.2. The number of aromatic nitrogens is 2. The Labute approximate surface area is 214 Å². The lowest BCUT2D eigenvalue weighted by Gasteiger charge is -2.29. The van der Waals surface area contributed by atoms with Crippen LogP contribution in [0, 0.1) is 5.92 Å². The Morgan fingerprint density at radius 2 is 1.94 bits per heavy atom. The Morgan fingerprint density at radius 3 is 2.67 bits per heavy atom. The minimum Gasteiger partial charge on any atom is -0.379 e. The molecule has 0 aliphatic carbocycles. The van der Waals surface area contributed by atoms with Crippen molar-refractivity contribution in [3.05, 3.63) is 53.7 Å². The molecule has 36 heavy (non-hydrogen) atoms. The number of benzene rings is 2. The standard InChI is InChI=1S/C27H38N4O4S/c1-20(2)16-22-9-12-26-25(18-31(4)28-26)27(22)29-36(32,33)24-10-7-21(8-11-24)6-5-14-34-19-23-17-30(3)13-15-35-23/h7-12,18,20,23,29H,5-6,13-17,19H2,1-4H3/t23-/m0/s1. The van der Waals surface area contributed by atoms with E-state index in [0.717, 1.165) is 61.0 Å². The topological polar surface area (TPSA) is 85.7 Å². The molecule has 9 heteroatoms. The molecule has 3 aromatic rings. The third-order valence-electron chi connectivity index (χ3n) is 6.39. The summed E-state index contributed by atoms with van der Waals surface area (Å²) in [5, 5.41) is 5.25. The molecule has 0 radical (unpaired) electrons. The van der Waals surface area contributed by atoms with Gasteiger partial charge >= 0.3 is 0 Å². The van der Waals surface area contributed by atoms with Crippen LogP contribution in [0.1, 0.15) is 31.4 Å². The number of hydrogen-bond acceptors (Lipinski definition) is 6. The van der Waals surface area contributed by atoms with Gasteiger partial charge < -0.3 is 14.4 Å². The molecule has 1 N–H and O–H groups in total. The number of rotatable bonds is 11. The van der Waals surface area contributed by atoms with E-state index in [0.29, 0.717) is 24.8 Å². The van der Waals surface area contributed by atoms with Crippen LogP contribution in [0.5, 0.6) is 0 Å². The molecule has 1 aliphatic heterocycles. The summed E-state index contributed by atoms with van der Waals surface area (Å²) in [7, 11) is 0.190. The second-order valence-corrected chi connectivity index (χ2v) is 11.8. The minimum atomic E-state index is -3.75. The molecular formula is C27H38N4O4S. The van der Waals surface area contributed by atoms with Crippen LogP contribution >= 0.6 is 0 Å². The van der Waals surface area contributed by atoms with Crippen LogP contribution in [0.25, 0.3) is 10.9 Å². The highest BCUT2D eigenvalue weighted by molar-refractivity contribution is 7.92. The van der Waals surface area contributed by atoms with Crippen LogP contribution in [-0.2, 0) is 39.4 Å². The third kappa shape index (κ3) is 6.85. The molecule has 0 saturated carbocycles. The van der Waals surface area contributed by atoms with Crippen molar-refractivity contribution in [2.24, 2.45) is 13.0 Å². The number of sulfonamides is 1. The molecule has 1 fully saturated rings. The second-order valence-electron chi connectivity index (χ2n) is 10.1. The summed E-state index contributed by atoms with van der Waals surface area (Å²) >= 11 is 0. The number of aryl methyl sites for hydroxylation is 2. The lowest BCUT2D eigenvalue weighted by molar-refractivity contribution is -0.0632. The molecule has 1 aromatic heterocycles. The van der Waals surface area contributed by atoms with Gasteiger partial charge in [-0.25, -0.2) is 8.42 Å². The maximum Gasteiger partial charge on any atom is 0.261 e. The molecule has 1 atom stereocenters. The molecule has 2 aromatic carbocycles.